The molecule has 0 unspecified atom stereocenters. The average Bonchev–Trinajstić information content (AvgIpc) is 2.99. The zero-order valence-corrected chi connectivity index (χ0v) is 13.0. The maximum Gasteiger partial charge on any atom is 0.161 e. The first kappa shape index (κ1) is 14.2. The third kappa shape index (κ3) is 2.68. The molecule has 0 N–H and O–H groups in total. The molecular weight excluding hydrogens is 293 g/mol. The van der Waals surface area contributed by atoms with Gasteiger partial charge in [0, 0.05) is 31.0 Å². The predicted octanol–water partition coefficient (Wildman–Crippen LogP) is 3.29. The topological polar surface area (TPSA) is 29.8 Å². The van der Waals surface area contributed by atoms with E-state index in [4.69, 9.17) is 9.72 Å². The molecule has 1 aliphatic heterocycles. The molecule has 0 spiro atoms. The minimum absolute atomic E-state index is 0.234. The van der Waals surface area contributed by atoms with Crippen LogP contribution in [0.2, 0.25) is 0 Å². The van der Waals surface area contributed by atoms with E-state index in [0.29, 0.717) is 0 Å². The van der Waals surface area contributed by atoms with Crippen molar-refractivity contribution in [3.8, 4) is 11.3 Å². The Bertz CT molecular complexity index is 835. The van der Waals surface area contributed by atoms with E-state index < -0.39 is 0 Å². The van der Waals surface area contributed by atoms with Crippen molar-refractivity contribution in [2.24, 2.45) is 0 Å². The Kier molecular flexibility index (Phi) is 3.50. The van der Waals surface area contributed by atoms with Gasteiger partial charge in [-0.05, 0) is 42.8 Å². The number of benzene rings is 1. The first-order valence-corrected chi connectivity index (χ1v) is 7.79. The van der Waals surface area contributed by atoms with Crippen molar-refractivity contribution < 1.29 is 9.13 Å². The van der Waals surface area contributed by atoms with Crippen LogP contribution in [-0.2, 0) is 4.74 Å². The molecule has 5 heteroatoms. The van der Waals surface area contributed by atoms with Crippen molar-refractivity contribution in [3.05, 3.63) is 54.1 Å². The van der Waals surface area contributed by atoms with Crippen molar-refractivity contribution in [2.45, 2.75) is 6.92 Å². The number of morpholine rings is 1. The highest BCUT2D eigenvalue weighted by Crippen LogP contribution is 2.27. The minimum Gasteiger partial charge on any atom is -0.378 e. The van der Waals surface area contributed by atoms with E-state index in [1.807, 2.05) is 6.20 Å². The SMILES string of the molecule is Cc1cc(N2CCOCC2)c2nc(-c3ccc(F)cc3)cn2c1. The van der Waals surface area contributed by atoms with Crippen LogP contribution in [0.25, 0.3) is 16.9 Å². The molecule has 1 aliphatic rings. The van der Waals surface area contributed by atoms with Crippen LogP contribution in [0.4, 0.5) is 10.1 Å². The summed E-state index contributed by atoms with van der Waals surface area (Å²) in [5.74, 6) is -0.234. The summed E-state index contributed by atoms with van der Waals surface area (Å²) in [6, 6.07) is 8.62. The minimum atomic E-state index is -0.234. The second kappa shape index (κ2) is 5.66. The molecule has 0 atom stereocenters. The second-order valence-electron chi connectivity index (χ2n) is 5.87. The Morgan fingerprint density at radius 3 is 2.57 bits per heavy atom. The standard InChI is InChI=1S/C18H18FN3O/c1-13-10-17(21-6-8-23-9-7-21)18-20-16(12-22(18)11-13)14-2-4-15(19)5-3-14/h2-5,10-12H,6-9H2,1H3. The lowest BCUT2D eigenvalue weighted by atomic mass is 10.2. The van der Waals surface area contributed by atoms with Crippen LogP contribution in [0.5, 0.6) is 0 Å². The predicted molar refractivity (Wildman–Crippen MR) is 88.4 cm³/mol. The molecule has 1 aromatic carbocycles. The zero-order chi connectivity index (χ0) is 15.8. The lowest BCUT2D eigenvalue weighted by Gasteiger charge is -2.29. The molecular formula is C18H18FN3O. The third-order valence-corrected chi connectivity index (χ3v) is 4.16. The summed E-state index contributed by atoms with van der Waals surface area (Å²) in [6.45, 7) is 5.31. The van der Waals surface area contributed by atoms with E-state index >= 15 is 0 Å². The number of anilines is 1. The molecule has 1 fully saturated rings. The number of halogens is 1. The number of hydrogen-bond acceptors (Lipinski definition) is 3. The molecule has 2 aromatic heterocycles. The molecule has 0 bridgehead atoms. The van der Waals surface area contributed by atoms with Gasteiger partial charge in [-0.25, -0.2) is 9.37 Å². The van der Waals surface area contributed by atoms with E-state index in [9.17, 15) is 4.39 Å². The maximum absolute atomic E-state index is 13.1. The Hall–Kier alpha value is -2.40. The van der Waals surface area contributed by atoms with Crippen LogP contribution in [0.1, 0.15) is 5.56 Å². The lowest BCUT2D eigenvalue weighted by molar-refractivity contribution is 0.123. The molecule has 3 heterocycles. The van der Waals surface area contributed by atoms with Crippen molar-refractivity contribution in [1.82, 2.24) is 9.38 Å². The number of fused-ring (bicyclic) bond motifs is 1. The van der Waals surface area contributed by atoms with Crippen LogP contribution in [0.15, 0.2) is 42.7 Å². The number of rotatable bonds is 2. The fraction of sp³-hybridized carbons (Fsp3) is 0.278. The Labute approximate surface area is 134 Å². The summed E-state index contributed by atoms with van der Waals surface area (Å²) in [6.07, 6.45) is 4.07. The molecule has 1 saturated heterocycles. The highest BCUT2D eigenvalue weighted by atomic mass is 19.1. The number of pyridine rings is 1. The fourth-order valence-corrected chi connectivity index (χ4v) is 3.02. The van der Waals surface area contributed by atoms with Gasteiger partial charge in [-0.15, -0.1) is 0 Å². The monoisotopic (exact) mass is 311 g/mol. The normalized spacial score (nSPS) is 15.3. The zero-order valence-electron chi connectivity index (χ0n) is 13.0. The second-order valence-corrected chi connectivity index (χ2v) is 5.87. The lowest BCUT2D eigenvalue weighted by Crippen LogP contribution is -2.36. The summed E-state index contributed by atoms with van der Waals surface area (Å²) in [5, 5.41) is 0. The van der Waals surface area contributed by atoms with Gasteiger partial charge < -0.3 is 14.0 Å². The first-order chi connectivity index (χ1) is 11.2. The summed E-state index contributed by atoms with van der Waals surface area (Å²) < 4.78 is 20.6. The van der Waals surface area contributed by atoms with Crippen molar-refractivity contribution in [3.63, 3.8) is 0 Å². The van der Waals surface area contributed by atoms with E-state index in [0.717, 1.165) is 48.9 Å². The molecule has 0 aliphatic carbocycles. The highest BCUT2D eigenvalue weighted by Gasteiger charge is 2.17. The van der Waals surface area contributed by atoms with E-state index in [-0.39, 0.29) is 5.82 Å². The molecule has 118 valence electrons. The summed E-state index contributed by atoms with van der Waals surface area (Å²) in [4.78, 5) is 7.10. The van der Waals surface area contributed by atoms with Crippen LogP contribution >= 0.6 is 0 Å². The van der Waals surface area contributed by atoms with Gasteiger partial charge in [0.1, 0.15) is 5.82 Å². The number of nitrogens with zero attached hydrogens (tertiary/aromatic N) is 3. The number of aromatic nitrogens is 2. The van der Waals surface area contributed by atoms with Gasteiger partial charge in [0.15, 0.2) is 5.65 Å². The van der Waals surface area contributed by atoms with Crippen LogP contribution in [0, 0.1) is 12.7 Å². The molecule has 3 aromatic rings. The van der Waals surface area contributed by atoms with Gasteiger partial charge in [-0.1, -0.05) is 0 Å². The van der Waals surface area contributed by atoms with E-state index in [2.05, 4.69) is 28.5 Å². The third-order valence-electron chi connectivity index (χ3n) is 4.16. The number of imidazole rings is 1. The van der Waals surface area contributed by atoms with Gasteiger partial charge in [0.25, 0.3) is 0 Å². The summed E-state index contributed by atoms with van der Waals surface area (Å²) in [5.41, 5.74) is 5.01. The van der Waals surface area contributed by atoms with Crippen molar-refractivity contribution in [2.75, 3.05) is 31.2 Å². The van der Waals surface area contributed by atoms with Gasteiger partial charge in [-0.3, -0.25) is 0 Å². The van der Waals surface area contributed by atoms with Crippen LogP contribution in [-0.4, -0.2) is 35.7 Å². The van der Waals surface area contributed by atoms with Crippen molar-refractivity contribution in [1.29, 1.82) is 0 Å². The molecule has 23 heavy (non-hydrogen) atoms. The average molecular weight is 311 g/mol. The number of hydrogen-bond donors (Lipinski definition) is 0. The van der Waals surface area contributed by atoms with E-state index in [1.54, 1.807) is 12.1 Å². The number of ether oxygens (including phenoxy) is 1. The molecule has 0 radical (unpaired) electrons. The van der Waals surface area contributed by atoms with Crippen molar-refractivity contribution >= 4 is 11.3 Å². The Morgan fingerprint density at radius 1 is 1.09 bits per heavy atom. The Balaban J connectivity index is 1.82. The van der Waals surface area contributed by atoms with Gasteiger partial charge in [0.2, 0.25) is 0 Å². The number of aryl methyl sites for hydroxylation is 1. The van der Waals surface area contributed by atoms with Crippen LogP contribution in [0.3, 0.4) is 0 Å². The van der Waals surface area contributed by atoms with Gasteiger partial charge in [0.05, 0.1) is 24.6 Å². The molecule has 4 rings (SSSR count). The van der Waals surface area contributed by atoms with Crippen LogP contribution < -0.4 is 4.90 Å². The van der Waals surface area contributed by atoms with Gasteiger partial charge >= 0.3 is 0 Å². The quantitative estimate of drug-likeness (QED) is 0.727. The molecule has 0 amide bonds. The highest BCUT2D eigenvalue weighted by molar-refractivity contribution is 5.74. The van der Waals surface area contributed by atoms with Gasteiger partial charge in [-0.2, -0.15) is 0 Å². The maximum atomic E-state index is 13.1. The molecule has 0 saturated carbocycles. The first-order valence-electron chi connectivity index (χ1n) is 7.79. The largest absolute Gasteiger partial charge is 0.378 e. The molecule has 4 nitrogen and oxygen atoms in total. The Morgan fingerprint density at radius 2 is 1.83 bits per heavy atom. The summed E-state index contributed by atoms with van der Waals surface area (Å²) in [7, 11) is 0. The smallest absolute Gasteiger partial charge is 0.161 e. The summed E-state index contributed by atoms with van der Waals surface area (Å²) >= 11 is 0. The van der Waals surface area contributed by atoms with E-state index in [1.165, 1.54) is 17.7 Å². The fourth-order valence-electron chi connectivity index (χ4n) is 3.02.